The fourth-order valence-corrected chi connectivity index (χ4v) is 1.17. The molecule has 7 nitrogen and oxygen atoms in total. The Kier molecular flexibility index (Phi) is 4.62. The van der Waals surface area contributed by atoms with Gasteiger partial charge in [0.05, 0.1) is 25.6 Å². The molecular formula is C9H14N4O3. The number of carbonyl (C=O) groups is 1. The smallest absolute Gasteiger partial charge is 0.274 e. The van der Waals surface area contributed by atoms with Gasteiger partial charge in [-0.3, -0.25) is 4.79 Å². The van der Waals surface area contributed by atoms with Crippen molar-refractivity contribution >= 4 is 11.7 Å². The number of rotatable bonds is 5. The Balaban J connectivity index is 2.77. The SMILES string of the molecule is Nc1cnc(C(=O)N(CCO)CCO)cn1. The van der Waals surface area contributed by atoms with Gasteiger partial charge >= 0.3 is 0 Å². The van der Waals surface area contributed by atoms with E-state index >= 15 is 0 Å². The Bertz CT molecular complexity index is 335. The number of nitrogens with zero attached hydrogens (tertiary/aromatic N) is 3. The summed E-state index contributed by atoms with van der Waals surface area (Å²) in [6.45, 7) is -0.0564. The number of aromatic nitrogens is 2. The first-order valence-corrected chi connectivity index (χ1v) is 4.77. The maximum Gasteiger partial charge on any atom is 0.274 e. The fourth-order valence-electron chi connectivity index (χ4n) is 1.17. The molecule has 0 saturated carbocycles. The molecule has 0 saturated heterocycles. The molecule has 7 heteroatoms. The van der Waals surface area contributed by atoms with Gasteiger partial charge in [-0.1, -0.05) is 0 Å². The molecule has 1 amide bonds. The van der Waals surface area contributed by atoms with Crippen molar-refractivity contribution in [2.75, 3.05) is 32.0 Å². The number of nitrogens with two attached hydrogens (primary N) is 1. The second-order valence-electron chi connectivity index (χ2n) is 3.07. The van der Waals surface area contributed by atoms with Crippen LogP contribution in [0.5, 0.6) is 0 Å². The molecule has 0 aliphatic heterocycles. The average Bonchev–Trinajstić information content (AvgIpc) is 2.29. The second kappa shape index (κ2) is 5.99. The number of carbonyl (C=O) groups excluding carboxylic acids is 1. The lowest BCUT2D eigenvalue weighted by molar-refractivity contribution is 0.0678. The van der Waals surface area contributed by atoms with Gasteiger partial charge in [0.15, 0.2) is 0 Å². The largest absolute Gasteiger partial charge is 0.395 e. The normalized spacial score (nSPS) is 10.1. The Hall–Kier alpha value is -1.73. The summed E-state index contributed by atoms with van der Waals surface area (Å²) < 4.78 is 0. The maximum absolute atomic E-state index is 11.8. The molecule has 0 atom stereocenters. The average molecular weight is 226 g/mol. The van der Waals surface area contributed by atoms with Crippen molar-refractivity contribution in [3.05, 3.63) is 18.1 Å². The lowest BCUT2D eigenvalue weighted by Crippen LogP contribution is -2.36. The number of hydrogen-bond donors (Lipinski definition) is 3. The van der Waals surface area contributed by atoms with Gasteiger partial charge in [-0.25, -0.2) is 9.97 Å². The van der Waals surface area contributed by atoms with Crippen molar-refractivity contribution in [3.63, 3.8) is 0 Å². The number of hydrogen-bond acceptors (Lipinski definition) is 6. The van der Waals surface area contributed by atoms with Gasteiger partial charge < -0.3 is 20.8 Å². The molecule has 88 valence electrons. The van der Waals surface area contributed by atoms with E-state index < -0.39 is 5.91 Å². The van der Waals surface area contributed by atoms with Crippen LogP contribution in [0.2, 0.25) is 0 Å². The van der Waals surface area contributed by atoms with Gasteiger partial charge in [0.1, 0.15) is 11.5 Å². The Morgan fingerprint density at radius 2 is 1.88 bits per heavy atom. The first-order chi connectivity index (χ1) is 7.69. The standard InChI is InChI=1S/C9H14N4O3/c10-8-6-11-7(5-12-8)9(16)13(1-3-14)2-4-15/h5-6,14-15H,1-4H2,(H2,10,12). The maximum atomic E-state index is 11.8. The number of aliphatic hydroxyl groups is 2. The van der Waals surface area contributed by atoms with Gasteiger partial charge in [0, 0.05) is 13.1 Å². The lowest BCUT2D eigenvalue weighted by atomic mass is 10.3. The van der Waals surface area contributed by atoms with E-state index in [2.05, 4.69) is 9.97 Å². The Morgan fingerprint density at radius 1 is 1.25 bits per heavy atom. The van der Waals surface area contributed by atoms with E-state index in [0.717, 1.165) is 0 Å². The molecular weight excluding hydrogens is 212 g/mol. The summed E-state index contributed by atoms with van der Waals surface area (Å²) in [5.74, 6) is -0.164. The highest BCUT2D eigenvalue weighted by Crippen LogP contribution is 2.01. The van der Waals surface area contributed by atoms with Crippen LogP contribution in [0.3, 0.4) is 0 Å². The fraction of sp³-hybridized carbons (Fsp3) is 0.444. The van der Waals surface area contributed by atoms with Crippen molar-refractivity contribution in [1.29, 1.82) is 0 Å². The van der Waals surface area contributed by atoms with Gasteiger partial charge in [-0.05, 0) is 0 Å². The highest BCUT2D eigenvalue weighted by atomic mass is 16.3. The van der Waals surface area contributed by atoms with E-state index in [-0.39, 0.29) is 37.8 Å². The summed E-state index contributed by atoms with van der Waals surface area (Å²) in [7, 11) is 0. The summed E-state index contributed by atoms with van der Waals surface area (Å²) in [6, 6.07) is 0. The molecule has 0 aliphatic rings. The monoisotopic (exact) mass is 226 g/mol. The quantitative estimate of drug-likeness (QED) is 0.562. The number of anilines is 1. The van der Waals surface area contributed by atoms with Crippen LogP contribution in [-0.2, 0) is 0 Å². The third kappa shape index (κ3) is 3.14. The van der Waals surface area contributed by atoms with E-state index in [0.29, 0.717) is 0 Å². The molecule has 0 unspecified atom stereocenters. The number of nitrogen functional groups attached to an aromatic ring is 1. The van der Waals surface area contributed by atoms with Crippen molar-refractivity contribution in [2.24, 2.45) is 0 Å². The van der Waals surface area contributed by atoms with Crippen LogP contribution in [0, 0.1) is 0 Å². The highest BCUT2D eigenvalue weighted by Gasteiger charge is 2.16. The molecule has 0 aromatic carbocycles. The first kappa shape index (κ1) is 12.3. The third-order valence-corrected chi connectivity index (χ3v) is 1.92. The molecule has 1 heterocycles. The molecule has 1 aromatic rings. The van der Waals surface area contributed by atoms with Crippen LogP contribution < -0.4 is 5.73 Å². The minimum atomic E-state index is -0.393. The van der Waals surface area contributed by atoms with Crippen molar-refractivity contribution in [2.45, 2.75) is 0 Å². The van der Waals surface area contributed by atoms with Gasteiger partial charge in [0.25, 0.3) is 5.91 Å². The van der Waals surface area contributed by atoms with Crippen LogP contribution >= 0.6 is 0 Å². The minimum absolute atomic E-state index is 0.135. The molecule has 0 fully saturated rings. The van der Waals surface area contributed by atoms with Gasteiger partial charge in [-0.15, -0.1) is 0 Å². The second-order valence-corrected chi connectivity index (χ2v) is 3.07. The van der Waals surface area contributed by atoms with Gasteiger partial charge in [0.2, 0.25) is 0 Å². The zero-order valence-corrected chi connectivity index (χ0v) is 8.70. The van der Waals surface area contributed by atoms with Crippen LogP contribution in [0.4, 0.5) is 5.82 Å². The summed E-state index contributed by atoms with van der Waals surface area (Å²) in [6.07, 6.45) is 2.54. The summed E-state index contributed by atoms with van der Waals surface area (Å²) in [4.78, 5) is 20.7. The Labute approximate surface area is 92.5 Å². The van der Waals surface area contributed by atoms with Crippen LogP contribution in [-0.4, -0.2) is 57.3 Å². The highest BCUT2D eigenvalue weighted by molar-refractivity contribution is 5.92. The van der Waals surface area contributed by atoms with Crippen molar-refractivity contribution < 1.29 is 15.0 Å². The molecule has 0 aliphatic carbocycles. The third-order valence-electron chi connectivity index (χ3n) is 1.92. The topological polar surface area (TPSA) is 113 Å². The van der Waals surface area contributed by atoms with Crippen LogP contribution in [0.25, 0.3) is 0 Å². The molecule has 0 radical (unpaired) electrons. The number of aliphatic hydroxyl groups excluding tert-OH is 2. The summed E-state index contributed by atoms with van der Waals surface area (Å²) >= 11 is 0. The lowest BCUT2D eigenvalue weighted by Gasteiger charge is -2.19. The Morgan fingerprint density at radius 3 is 2.31 bits per heavy atom. The molecule has 0 bridgehead atoms. The molecule has 16 heavy (non-hydrogen) atoms. The first-order valence-electron chi connectivity index (χ1n) is 4.77. The van der Waals surface area contributed by atoms with E-state index in [4.69, 9.17) is 15.9 Å². The zero-order valence-electron chi connectivity index (χ0n) is 8.70. The van der Waals surface area contributed by atoms with Crippen molar-refractivity contribution in [1.82, 2.24) is 14.9 Å². The predicted octanol–water partition coefficient (Wildman–Crippen LogP) is -1.51. The zero-order chi connectivity index (χ0) is 12.0. The van der Waals surface area contributed by atoms with Crippen LogP contribution in [0.15, 0.2) is 12.4 Å². The van der Waals surface area contributed by atoms with E-state index in [9.17, 15) is 4.79 Å². The van der Waals surface area contributed by atoms with E-state index in [1.54, 1.807) is 0 Å². The van der Waals surface area contributed by atoms with Crippen LogP contribution in [0.1, 0.15) is 10.5 Å². The van der Waals surface area contributed by atoms with E-state index in [1.165, 1.54) is 17.3 Å². The molecule has 1 rings (SSSR count). The number of amides is 1. The minimum Gasteiger partial charge on any atom is -0.395 e. The van der Waals surface area contributed by atoms with Crippen molar-refractivity contribution in [3.8, 4) is 0 Å². The summed E-state index contributed by atoms with van der Waals surface area (Å²) in [5, 5.41) is 17.5. The molecule has 1 aromatic heterocycles. The summed E-state index contributed by atoms with van der Waals surface area (Å²) in [5.41, 5.74) is 5.48. The molecule has 0 spiro atoms. The predicted molar refractivity (Wildman–Crippen MR) is 56.5 cm³/mol. The molecule has 4 N–H and O–H groups in total. The van der Waals surface area contributed by atoms with E-state index in [1.807, 2.05) is 0 Å². The van der Waals surface area contributed by atoms with Gasteiger partial charge in [-0.2, -0.15) is 0 Å².